The minimum absolute atomic E-state index is 0.373. The molecule has 1 atom stereocenters. The first-order valence-corrected chi connectivity index (χ1v) is 8.10. The van der Waals surface area contributed by atoms with Gasteiger partial charge < -0.3 is 5.32 Å². The normalized spacial score (nSPS) is 12.4. The van der Waals surface area contributed by atoms with Gasteiger partial charge in [0.15, 0.2) is 0 Å². The third-order valence-corrected chi connectivity index (χ3v) is 5.28. The first-order chi connectivity index (χ1) is 9.22. The van der Waals surface area contributed by atoms with E-state index in [-0.39, 0.29) is 0 Å². The van der Waals surface area contributed by atoms with Gasteiger partial charge >= 0.3 is 0 Å². The summed E-state index contributed by atoms with van der Waals surface area (Å²) in [4.78, 5) is 1.29. The van der Waals surface area contributed by atoms with Gasteiger partial charge in [-0.25, -0.2) is 0 Å². The smallest absolute Gasteiger partial charge is 0.0415 e. The molecule has 2 aromatic rings. The zero-order valence-electron chi connectivity index (χ0n) is 11.2. The van der Waals surface area contributed by atoms with Crippen LogP contribution in [0.25, 0.3) is 0 Å². The molecule has 0 heterocycles. The van der Waals surface area contributed by atoms with Gasteiger partial charge in [-0.3, -0.25) is 0 Å². The molecule has 0 amide bonds. The molecule has 0 spiro atoms. The van der Waals surface area contributed by atoms with Crippen LogP contribution in [0.4, 0.5) is 0 Å². The highest BCUT2D eigenvalue weighted by molar-refractivity contribution is 9.10. The summed E-state index contributed by atoms with van der Waals surface area (Å²) >= 11 is 5.47. The highest BCUT2D eigenvalue weighted by atomic mass is 79.9. The Kier molecular flexibility index (Phi) is 5.49. The molecule has 1 nitrogen and oxygen atoms in total. The first-order valence-electron chi connectivity index (χ1n) is 6.32. The first kappa shape index (κ1) is 14.6. The molecule has 0 aliphatic carbocycles. The average molecular weight is 336 g/mol. The molecule has 1 unspecified atom stereocenters. The number of rotatable bonds is 5. The highest BCUT2D eigenvalue weighted by Crippen LogP contribution is 2.31. The molecule has 0 aliphatic rings. The Morgan fingerprint density at radius 2 is 1.79 bits per heavy atom. The van der Waals surface area contributed by atoms with Crippen LogP contribution in [-0.4, -0.2) is 12.8 Å². The fraction of sp³-hybridized carbons (Fsp3) is 0.250. The second-order valence-electron chi connectivity index (χ2n) is 4.44. The van der Waals surface area contributed by atoms with Crippen molar-refractivity contribution in [2.24, 2.45) is 0 Å². The van der Waals surface area contributed by atoms with Crippen LogP contribution < -0.4 is 5.32 Å². The predicted octanol–water partition coefficient (Wildman–Crippen LogP) is 4.81. The molecule has 0 fully saturated rings. The molecule has 3 heteroatoms. The number of thioether (sulfide) groups is 1. The van der Waals surface area contributed by atoms with Gasteiger partial charge in [-0.15, -0.1) is 11.8 Å². The molecule has 2 rings (SSSR count). The third-order valence-electron chi connectivity index (χ3n) is 3.15. The van der Waals surface area contributed by atoms with E-state index in [0.29, 0.717) is 6.04 Å². The predicted molar refractivity (Wildman–Crippen MR) is 87.8 cm³/mol. The summed E-state index contributed by atoms with van der Waals surface area (Å²) in [5.74, 6) is 1.02. The van der Waals surface area contributed by atoms with E-state index in [4.69, 9.17) is 0 Å². The Balaban J connectivity index is 2.09. The fourth-order valence-corrected chi connectivity index (χ4v) is 3.74. The maximum absolute atomic E-state index is 3.60. The topological polar surface area (TPSA) is 12.0 Å². The van der Waals surface area contributed by atoms with Crippen molar-refractivity contribution < 1.29 is 0 Å². The van der Waals surface area contributed by atoms with Gasteiger partial charge in [0.2, 0.25) is 0 Å². The monoisotopic (exact) mass is 335 g/mol. The van der Waals surface area contributed by atoms with Crippen molar-refractivity contribution in [3.8, 4) is 0 Å². The van der Waals surface area contributed by atoms with Gasteiger partial charge in [-0.2, -0.15) is 0 Å². The second-order valence-corrected chi connectivity index (χ2v) is 6.36. The van der Waals surface area contributed by atoms with Crippen molar-refractivity contribution in [3.63, 3.8) is 0 Å². The number of halogens is 1. The SMILES string of the molecule is CNC(CSc1ccccc1Br)c1ccccc1C. The van der Waals surface area contributed by atoms with E-state index in [1.54, 1.807) is 0 Å². The molecule has 0 saturated heterocycles. The van der Waals surface area contributed by atoms with Crippen LogP contribution in [0.2, 0.25) is 0 Å². The van der Waals surface area contributed by atoms with Crippen molar-refractivity contribution in [3.05, 3.63) is 64.1 Å². The Labute approximate surface area is 127 Å². The fourth-order valence-electron chi connectivity index (χ4n) is 2.04. The molecule has 2 aromatic carbocycles. The van der Waals surface area contributed by atoms with E-state index in [2.05, 4.69) is 70.6 Å². The van der Waals surface area contributed by atoms with Crippen molar-refractivity contribution in [1.29, 1.82) is 0 Å². The van der Waals surface area contributed by atoms with Gasteiger partial charge in [0.1, 0.15) is 0 Å². The van der Waals surface area contributed by atoms with Crippen LogP contribution in [0.15, 0.2) is 57.9 Å². The summed E-state index contributed by atoms with van der Waals surface area (Å²) in [6.45, 7) is 2.17. The van der Waals surface area contributed by atoms with Gasteiger partial charge in [0, 0.05) is 21.2 Å². The Morgan fingerprint density at radius 1 is 1.11 bits per heavy atom. The number of nitrogens with one attached hydrogen (secondary N) is 1. The summed E-state index contributed by atoms with van der Waals surface area (Å²) in [6.07, 6.45) is 0. The van der Waals surface area contributed by atoms with Crippen molar-refractivity contribution in [2.75, 3.05) is 12.8 Å². The standard InChI is InChI=1S/C16H18BrNS/c1-12-7-3-4-8-13(12)15(18-2)11-19-16-10-6-5-9-14(16)17/h3-10,15,18H,11H2,1-2H3. The summed E-state index contributed by atoms with van der Waals surface area (Å²) in [7, 11) is 2.03. The lowest BCUT2D eigenvalue weighted by molar-refractivity contribution is 0.658. The summed E-state index contributed by atoms with van der Waals surface area (Å²) in [5, 5.41) is 3.41. The van der Waals surface area contributed by atoms with Crippen molar-refractivity contribution in [1.82, 2.24) is 5.32 Å². The zero-order chi connectivity index (χ0) is 13.7. The van der Waals surface area contributed by atoms with Gasteiger partial charge in [-0.1, -0.05) is 36.4 Å². The van der Waals surface area contributed by atoms with Crippen molar-refractivity contribution >= 4 is 27.7 Å². The molecule has 1 N–H and O–H groups in total. The van der Waals surface area contributed by atoms with E-state index >= 15 is 0 Å². The van der Waals surface area contributed by atoms with Gasteiger partial charge in [0.25, 0.3) is 0 Å². The van der Waals surface area contributed by atoms with Crippen LogP contribution in [0.1, 0.15) is 17.2 Å². The van der Waals surface area contributed by atoms with Crippen LogP contribution in [0.5, 0.6) is 0 Å². The Morgan fingerprint density at radius 3 is 2.47 bits per heavy atom. The summed E-state index contributed by atoms with van der Waals surface area (Å²) < 4.78 is 1.17. The zero-order valence-corrected chi connectivity index (χ0v) is 13.6. The number of aryl methyl sites for hydroxylation is 1. The lowest BCUT2D eigenvalue weighted by Gasteiger charge is -2.18. The number of hydrogen-bond acceptors (Lipinski definition) is 2. The maximum Gasteiger partial charge on any atom is 0.0415 e. The van der Waals surface area contributed by atoms with Crippen LogP contribution >= 0.6 is 27.7 Å². The Bertz CT molecular complexity index is 542. The Hall–Kier alpha value is -0.770. The van der Waals surface area contributed by atoms with E-state index < -0.39 is 0 Å². The number of benzene rings is 2. The molecule has 100 valence electrons. The van der Waals surface area contributed by atoms with Crippen LogP contribution in [0, 0.1) is 6.92 Å². The van der Waals surface area contributed by atoms with E-state index in [1.165, 1.54) is 20.5 Å². The molecule has 0 saturated carbocycles. The van der Waals surface area contributed by atoms with Crippen LogP contribution in [-0.2, 0) is 0 Å². The van der Waals surface area contributed by atoms with Crippen LogP contribution in [0.3, 0.4) is 0 Å². The highest BCUT2D eigenvalue weighted by Gasteiger charge is 2.12. The molecule has 19 heavy (non-hydrogen) atoms. The largest absolute Gasteiger partial charge is 0.312 e. The molecule has 0 radical (unpaired) electrons. The van der Waals surface area contributed by atoms with E-state index in [9.17, 15) is 0 Å². The molecular weight excluding hydrogens is 318 g/mol. The summed E-state index contributed by atoms with van der Waals surface area (Å²) in [6, 6.07) is 17.3. The lowest BCUT2D eigenvalue weighted by atomic mass is 10.0. The minimum atomic E-state index is 0.373. The molecule has 0 bridgehead atoms. The molecular formula is C16H18BrNS. The quantitative estimate of drug-likeness (QED) is 0.787. The van der Waals surface area contributed by atoms with E-state index in [0.717, 1.165) is 5.75 Å². The lowest BCUT2D eigenvalue weighted by Crippen LogP contribution is -2.19. The van der Waals surface area contributed by atoms with Gasteiger partial charge in [0.05, 0.1) is 0 Å². The van der Waals surface area contributed by atoms with Crippen molar-refractivity contribution in [2.45, 2.75) is 17.9 Å². The number of hydrogen-bond donors (Lipinski definition) is 1. The third kappa shape index (κ3) is 3.85. The van der Waals surface area contributed by atoms with E-state index in [1.807, 2.05) is 24.9 Å². The molecule has 0 aliphatic heterocycles. The summed E-state index contributed by atoms with van der Waals surface area (Å²) in [5.41, 5.74) is 2.72. The van der Waals surface area contributed by atoms with Gasteiger partial charge in [-0.05, 0) is 53.2 Å². The average Bonchev–Trinajstić information content (AvgIpc) is 2.43. The maximum atomic E-state index is 3.60. The molecule has 0 aromatic heterocycles. The minimum Gasteiger partial charge on any atom is -0.312 e. The second kappa shape index (κ2) is 7.13.